The van der Waals surface area contributed by atoms with E-state index in [9.17, 15) is 0 Å². The van der Waals surface area contributed by atoms with Gasteiger partial charge in [-0.25, -0.2) is 19.9 Å². The summed E-state index contributed by atoms with van der Waals surface area (Å²) in [6.45, 7) is 0. The molecule has 0 fully saturated rings. The highest BCUT2D eigenvalue weighted by Crippen LogP contribution is 2.51. The Labute approximate surface area is 340 Å². The second kappa shape index (κ2) is 13.3. The molecule has 11 aromatic rings. The predicted molar refractivity (Wildman–Crippen MR) is 241 cm³/mol. The van der Waals surface area contributed by atoms with Crippen molar-refractivity contribution < 1.29 is 0 Å². The zero-order valence-corrected chi connectivity index (χ0v) is 31.8. The maximum atomic E-state index is 5.42. The largest absolute Gasteiger partial charge is 0.291 e. The summed E-state index contributed by atoms with van der Waals surface area (Å²) in [5.41, 5.74) is 14.0. The summed E-state index contributed by atoms with van der Waals surface area (Å²) >= 11 is 0. The lowest BCUT2D eigenvalue weighted by Crippen LogP contribution is -2.00. The normalized spacial score (nSPS) is 11.7. The molecule has 12 rings (SSSR count). The molecule has 0 unspecified atom stereocenters. The number of benzene rings is 9. The van der Waals surface area contributed by atoms with E-state index in [0.29, 0.717) is 17.5 Å². The van der Waals surface area contributed by atoms with Crippen molar-refractivity contribution in [3.05, 3.63) is 200 Å². The molecule has 0 amide bonds. The zero-order valence-electron chi connectivity index (χ0n) is 31.8. The van der Waals surface area contributed by atoms with Crippen molar-refractivity contribution >= 4 is 32.6 Å². The average molecular weight is 752 g/mol. The first kappa shape index (κ1) is 33.2. The molecule has 5 nitrogen and oxygen atoms in total. The van der Waals surface area contributed by atoms with Crippen LogP contribution in [-0.2, 0) is 0 Å². The van der Waals surface area contributed by atoms with Crippen molar-refractivity contribution in [1.82, 2.24) is 24.5 Å². The van der Waals surface area contributed by atoms with Crippen LogP contribution in [-0.4, -0.2) is 24.5 Å². The molecule has 0 saturated carbocycles. The number of fused-ring (bicyclic) bond motifs is 10. The van der Waals surface area contributed by atoms with Crippen LogP contribution in [0.25, 0.3) is 117 Å². The number of aromatic nitrogens is 5. The number of hydrogen-bond donors (Lipinski definition) is 0. The fourth-order valence-electron chi connectivity index (χ4n) is 8.95. The molecule has 274 valence electrons. The van der Waals surface area contributed by atoms with Crippen molar-refractivity contribution in [1.29, 1.82) is 0 Å². The number of nitrogens with zero attached hydrogens (tertiary/aromatic N) is 5. The van der Waals surface area contributed by atoms with Gasteiger partial charge in [0, 0.05) is 44.5 Å². The molecule has 2 aromatic heterocycles. The fraction of sp³-hybridized carbons (Fsp3) is 0. The van der Waals surface area contributed by atoms with E-state index in [1.807, 2.05) is 60.7 Å². The molecule has 0 bridgehead atoms. The first-order valence-electron chi connectivity index (χ1n) is 19.9. The van der Waals surface area contributed by atoms with Crippen LogP contribution in [0.1, 0.15) is 0 Å². The Kier molecular flexibility index (Phi) is 7.47. The smallest absolute Gasteiger partial charge is 0.164 e. The van der Waals surface area contributed by atoms with E-state index in [0.717, 1.165) is 55.9 Å². The molecule has 1 aliphatic heterocycles. The average Bonchev–Trinajstić information content (AvgIpc) is 3.66. The second-order valence-electron chi connectivity index (χ2n) is 15.0. The van der Waals surface area contributed by atoms with Crippen LogP contribution in [0.4, 0.5) is 0 Å². The maximum absolute atomic E-state index is 5.42. The van der Waals surface area contributed by atoms with E-state index in [1.165, 1.54) is 43.8 Å². The highest BCUT2D eigenvalue weighted by atomic mass is 15.1. The molecule has 3 heterocycles. The molecule has 0 spiro atoms. The molecule has 0 aliphatic carbocycles. The molecule has 9 aromatic carbocycles. The summed E-state index contributed by atoms with van der Waals surface area (Å²) in [4.78, 5) is 20.3. The van der Waals surface area contributed by atoms with E-state index >= 15 is 0 Å². The third-order valence-corrected chi connectivity index (χ3v) is 11.6. The van der Waals surface area contributed by atoms with E-state index in [2.05, 4.69) is 144 Å². The third-order valence-electron chi connectivity index (χ3n) is 11.6. The molecule has 0 saturated heterocycles. The number of para-hydroxylation sites is 2. The number of rotatable bonds is 5. The van der Waals surface area contributed by atoms with Gasteiger partial charge in [-0.3, -0.25) is 4.57 Å². The topological polar surface area (TPSA) is 56.5 Å². The number of imidazole rings is 1. The Bertz CT molecular complexity index is 3380. The molecule has 0 atom stereocenters. The summed E-state index contributed by atoms with van der Waals surface area (Å²) in [5, 5.41) is 5.00. The van der Waals surface area contributed by atoms with Crippen molar-refractivity contribution in [2.24, 2.45) is 0 Å². The van der Waals surface area contributed by atoms with Gasteiger partial charge in [0.1, 0.15) is 5.82 Å². The summed E-state index contributed by atoms with van der Waals surface area (Å²) < 4.78 is 2.39. The molecular formula is C54H33N5. The van der Waals surface area contributed by atoms with E-state index in [-0.39, 0.29) is 0 Å². The minimum absolute atomic E-state index is 0.625. The lowest BCUT2D eigenvalue weighted by Gasteiger charge is -2.18. The van der Waals surface area contributed by atoms with Gasteiger partial charge in [0.15, 0.2) is 17.5 Å². The minimum atomic E-state index is 0.625. The van der Waals surface area contributed by atoms with Crippen molar-refractivity contribution in [3.8, 4) is 84.6 Å². The highest BCUT2D eigenvalue weighted by Gasteiger charge is 2.28. The van der Waals surface area contributed by atoms with Crippen LogP contribution >= 0.6 is 0 Å². The predicted octanol–water partition coefficient (Wildman–Crippen LogP) is 13.5. The van der Waals surface area contributed by atoms with Crippen molar-refractivity contribution in [3.63, 3.8) is 0 Å². The van der Waals surface area contributed by atoms with Gasteiger partial charge in [-0.2, -0.15) is 0 Å². The summed E-state index contributed by atoms with van der Waals surface area (Å²) in [6.07, 6.45) is 0. The fourth-order valence-corrected chi connectivity index (χ4v) is 8.95. The van der Waals surface area contributed by atoms with Crippen LogP contribution in [0.15, 0.2) is 200 Å². The van der Waals surface area contributed by atoms with Gasteiger partial charge in [0.25, 0.3) is 0 Å². The molecule has 5 heteroatoms. The molecule has 59 heavy (non-hydrogen) atoms. The molecule has 0 N–H and O–H groups in total. The van der Waals surface area contributed by atoms with Gasteiger partial charge in [-0.1, -0.05) is 176 Å². The minimum Gasteiger partial charge on any atom is -0.291 e. The Morgan fingerprint density at radius 3 is 1.39 bits per heavy atom. The monoisotopic (exact) mass is 751 g/mol. The van der Waals surface area contributed by atoms with Crippen LogP contribution in [0.2, 0.25) is 0 Å². The summed E-state index contributed by atoms with van der Waals surface area (Å²) in [7, 11) is 0. The van der Waals surface area contributed by atoms with Crippen LogP contribution in [0.5, 0.6) is 0 Å². The van der Waals surface area contributed by atoms with Gasteiger partial charge in [0.2, 0.25) is 0 Å². The number of hydrogen-bond acceptors (Lipinski definition) is 4. The van der Waals surface area contributed by atoms with Gasteiger partial charge >= 0.3 is 0 Å². The standard InChI is InChI=1S/C54H33N5/c1-3-16-34(17-4-1)51-56-52(35-18-5-2-6-19-35)58-53(57-51)38-22-13-20-36(32-38)37-21-14-23-39(33-37)54-55-46-30-15-29-45-49-43-27-10-8-25-41(43)40-24-7-9-26-42(40)48(49)44-28-11-12-31-47(44)59(54)50(45)46/h1-33H. The molecule has 0 radical (unpaired) electrons. The summed E-state index contributed by atoms with van der Waals surface area (Å²) in [6, 6.07) is 70.4. The lowest BCUT2D eigenvalue weighted by atomic mass is 9.85. The Hall–Kier alpha value is -8.02. The first-order chi connectivity index (χ1) is 29.3. The van der Waals surface area contributed by atoms with Crippen molar-refractivity contribution in [2.75, 3.05) is 0 Å². The van der Waals surface area contributed by atoms with E-state index in [4.69, 9.17) is 19.9 Å². The van der Waals surface area contributed by atoms with E-state index in [1.54, 1.807) is 0 Å². The first-order valence-corrected chi connectivity index (χ1v) is 19.9. The Balaban J connectivity index is 1.03. The second-order valence-corrected chi connectivity index (χ2v) is 15.0. The van der Waals surface area contributed by atoms with Gasteiger partial charge in [0.05, 0.1) is 16.7 Å². The Morgan fingerprint density at radius 2 is 0.746 bits per heavy atom. The van der Waals surface area contributed by atoms with Crippen molar-refractivity contribution in [2.45, 2.75) is 0 Å². The third kappa shape index (κ3) is 5.33. The SMILES string of the molecule is c1ccc(-c2nc(-c3ccccc3)nc(-c3cccc(-c4cccc(-c5nc6cccc7c6n5-c5ccccc5-c5c-7c6ccccc6c6ccccc56)c4)c3)n2)cc1. The summed E-state index contributed by atoms with van der Waals surface area (Å²) in [5.74, 6) is 2.80. The highest BCUT2D eigenvalue weighted by molar-refractivity contribution is 6.24. The van der Waals surface area contributed by atoms with Crippen LogP contribution in [0, 0.1) is 0 Å². The molecule has 1 aliphatic rings. The van der Waals surface area contributed by atoms with Crippen LogP contribution < -0.4 is 0 Å². The van der Waals surface area contributed by atoms with Gasteiger partial charge in [-0.15, -0.1) is 0 Å². The Morgan fingerprint density at radius 1 is 0.305 bits per heavy atom. The van der Waals surface area contributed by atoms with Gasteiger partial charge in [-0.05, 0) is 56.9 Å². The maximum Gasteiger partial charge on any atom is 0.164 e. The zero-order chi connectivity index (χ0) is 38.9. The quantitative estimate of drug-likeness (QED) is 0.164. The van der Waals surface area contributed by atoms with E-state index < -0.39 is 0 Å². The van der Waals surface area contributed by atoms with Gasteiger partial charge < -0.3 is 0 Å². The van der Waals surface area contributed by atoms with Crippen LogP contribution in [0.3, 0.4) is 0 Å². The lowest BCUT2D eigenvalue weighted by molar-refractivity contribution is 1.07. The molecular weight excluding hydrogens is 719 g/mol.